The lowest BCUT2D eigenvalue weighted by atomic mass is 9.78. The Morgan fingerprint density at radius 3 is 2.42 bits per heavy atom. The molecule has 1 N–H and O–H groups in total. The van der Waals surface area contributed by atoms with Crippen LogP contribution in [0.25, 0.3) is 11.1 Å². The number of aromatic nitrogens is 1. The molecule has 0 bridgehead atoms. The molecule has 3 aromatic rings. The van der Waals surface area contributed by atoms with E-state index in [2.05, 4.69) is 27.3 Å². The summed E-state index contributed by atoms with van der Waals surface area (Å²) in [7, 11) is 5.05. The summed E-state index contributed by atoms with van der Waals surface area (Å²) in [6, 6.07) is 18.3. The number of likely N-dealkylation sites (tertiary alicyclic amines) is 1. The summed E-state index contributed by atoms with van der Waals surface area (Å²) >= 11 is 0. The van der Waals surface area contributed by atoms with Gasteiger partial charge in [-0.2, -0.15) is 0 Å². The van der Waals surface area contributed by atoms with Crippen molar-refractivity contribution >= 4 is 5.91 Å². The highest BCUT2D eigenvalue weighted by Crippen LogP contribution is 2.38. The lowest BCUT2D eigenvalue weighted by Gasteiger charge is -2.29. The first-order valence-electron chi connectivity index (χ1n) is 11.2. The number of rotatable bonds is 8. The van der Waals surface area contributed by atoms with E-state index in [1.165, 1.54) is 5.56 Å². The number of benzene rings is 2. The number of nitrogens with zero attached hydrogens (tertiary/aromatic N) is 2. The van der Waals surface area contributed by atoms with E-state index in [4.69, 9.17) is 9.47 Å². The van der Waals surface area contributed by atoms with E-state index in [1.807, 2.05) is 42.5 Å². The lowest BCUT2D eigenvalue weighted by Crippen LogP contribution is -2.43. The first-order chi connectivity index (χ1) is 16.1. The molecule has 2 heterocycles. The number of hydrogen-bond acceptors (Lipinski definition) is 5. The highest BCUT2D eigenvalue weighted by molar-refractivity contribution is 5.84. The summed E-state index contributed by atoms with van der Waals surface area (Å²) in [5, 5.41) is 2.93. The Bertz CT molecular complexity index is 1080. The van der Waals surface area contributed by atoms with E-state index in [0.29, 0.717) is 13.0 Å². The zero-order valence-electron chi connectivity index (χ0n) is 19.5. The van der Waals surface area contributed by atoms with Crippen molar-refractivity contribution in [2.75, 3.05) is 34.4 Å². The number of nitrogens with one attached hydrogen (secondary N) is 1. The molecule has 6 nitrogen and oxygen atoms in total. The third-order valence-corrected chi connectivity index (χ3v) is 6.50. The van der Waals surface area contributed by atoms with Crippen LogP contribution in [0.5, 0.6) is 11.5 Å². The molecular formula is C27H31N3O3. The predicted octanol–water partition coefficient (Wildman–Crippen LogP) is 3.95. The van der Waals surface area contributed by atoms with E-state index >= 15 is 0 Å². The van der Waals surface area contributed by atoms with Gasteiger partial charge in [0.1, 0.15) is 11.5 Å². The van der Waals surface area contributed by atoms with Crippen molar-refractivity contribution in [3.05, 3.63) is 78.1 Å². The van der Waals surface area contributed by atoms with Gasteiger partial charge in [-0.3, -0.25) is 14.7 Å². The second-order valence-electron chi connectivity index (χ2n) is 8.61. The van der Waals surface area contributed by atoms with Crippen LogP contribution in [0, 0.1) is 5.41 Å². The van der Waals surface area contributed by atoms with Crippen LogP contribution in [0.1, 0.15) is 17.5 Å². The minimum absolute atomic E-state index is 0.0951. The van der Waals surface area contributed by atoms with Gasteiger partial charge < -0.3 is 14.8 Å². The van der Waals surface area contributed by atoms with E-state index in [-0.39, 0.29) is 5.91 Å². The van der Waals surface area contributed by atoms with Gasteiger partial charge in [-0.1, -0.05) is 24.3 Å². The molecule has 0 spiro atoms. The fraction of sp³-hybridized carbons (Fsp3) is 0.333. The lowest BCUT2D eigenvalue weighted by molar-refractivity contribution is -0.130. The number of hydrogen-bond donors (Lipinski definition) is 1. The number of carbonyl (C=O) groups excluding carboxylic acids is 1. The Morgan fingerprint density at radius 2 is 1.76 bits per heavy atom. The van der Waals surface area contributed by atoms with E-state index in [9.17, 15) is 4.79 Å². The molecule has 172 valence electrons. The Labute approximate surface area is 195 Å². The number of methoxy groups -OCH3 is 2. The van der Waals surface area contributed by atoms with Crippen molar-refractivity contribution in [2.24, 2.45) is 5.41 Å². The standard InChI is InChI=1S/C27H31N3O3/c1-28-26(31)27(17-22-6-4-5-7-25(22)21-8-11-29-12-9-21)10-13-30(19-27)18-20-14-23(32-2)16-24(15-20)33-3/h4-9,11-12,14-16H,10,13,17-19H2,1-3H3,(H,28,31)/t27-/m1/s1. The molecule has 0 unspecified atom stereocenters. The molecule has 0 aliphatic carbocycles. The van der Waals surface area contributed by atoms with Crippen molar-refractivity contribution in [1.29, 1.82) is 0 Å². The molecule has 1 fully saturated rings. The number of ether oxygens (including phenoxy) is 2. The summed E-state index contributed by atoms with van der Waals surface area (Å²) in [6.07, 6.45) is 5.10. The molecule has 1 aromatic heterocycles. The van der Waals surface area contributed by atoms with Crippen LogP contribution in [0.4, 0.5) is 0 Å². The zero-order valence-corrected chi connectivity index (χ0v) is 19.5. The minimum atomic E-state index is -0.485. The second-order valence-corrected chi connectivity index (χ2v) is 8.61. The molecule has 6 heteroatoms. The SMILES string of the molecule is CNC(=O)[C@@]1(Cc2ccccc2-c2ccncc2)CCN(Cc2cc(OC)cc(OC)c2)C1. The van der Waals surface area contributed by atoms with Crippen molar-refractivity contribution in [3.63, 3.8) is 0 Å². The molecule has 1 aliphatic rings. The van der Waals surface area contributed by atoms with Gasteiger partial charge in [0, 0.05) is 38.6 Å². The quantitative estimate of drug-likeness (QED) is 0.569. The molecule has 1 saturated heterocycles. The van der Waals surface area contributed by atoms with Gasteiger partial charge in [-0.25, -0.2) is 0 Å². The number of carbonyl (C=O) groups is 1. The maximum Gasteiger partial charge on any atom is 0.227 e. The Balaban J connectivity index is 1.59. The van der Waals surface area contributed by atoms with Gasteiger partial charge in [0.2, 0.25) is 5.91 Å². The fourth-order valence-electron chi connectivity index (χ4n) is 4.84. The van der Waals surface area contributed by atoms with Crippen molar-refractivity contribution in [2.45, 2.75) is 19.4 Å². The summed E-state index contributed by atoms with van der Waals surface area (Å²) in [6.45, 7) is 2.28. The molecule has 1 amide bonds. The van der Waals surface area contributed by atoms with Gasteiger partial charge in [-0.15, -0.1) is 0 Å². The zero-order chi connectivity index (χ0) is 23.3. The fourth-order valence-corrected chi connectivity index (χ4v) is 4.84. The highest BCUT2D eigenvalue weighted by atomic mass is 16.5. The predicted molar refractivity (Wildman–Crippen MR) is 129 cm³/mol. The second kappa shape index (κ2) is 10.0. The van der Waals surface area contributed by atoms with Crippen molar-refractivity contribution in [3.8, 4) is 22.6 Å². The highest BCUT2D eigenvalue weighted by Gasteiger charge is 2.44. The maximum absolute atomic E-state index is 13.2. The number of amides is 1. The molecule has 1 atom stereocenters. The number of pyridine rings is 1. The average Bonchev–Trinajstić information content (AvgIpc) is 3.27. The van der Waals surface area contributed by atoms with Crippen LogP contribution >= 0.6 is 0 Å². The third kappa shape index (κ3) is 5.01. The van der Waals surface area contributed by atoms with Crippen molar-refractivity contribution in [1.82, 2.24) is 15.2 Å². The molecule has 1 aliphatic heterocycles. The van der Waals surface area contributed by atoms with Gasteiger partial charge >= 0.3 is 0 Å². The molecule has 2 aromatic carbocycles. The topological polar surface area (TPSA) is 63.7 Å². The summed E-state index contributed by atoms with van der Waals surface area (Å²) < 4.78 is 10.9. The van der Waals surface area contributed by atoms with Crippen LogP contribution in [0.15, 0.2) is 67.0 Å². The normalized spacial score (nSPS) is 18.2. The van der Waals surface area contributed by atoms with Crippen LogP contribution in [0.3, 0.4) is 0 Å². The molecular weight excluding hydrogens is 414 g/mol. The molecule has 4 rings (SSSR count). The van der Waals surface area contributed by atoms with Crippen LogP contribution in [0.2, 0.25) is 0 Å². The third-order valence-electron chi connectivity index (χ3n) is 6.50. The van der Waals surface area contributed by atoms with Crippen LogP contribution in [-0.4, -0.2) is 50.1 Å². The largest absolute Gasteiger partial charge is 0.497 e. The van der Waals surface area contributed by atoms with Crippen LogP contribution < -0.4 is 14.8 Å². The van der Waals surface area contributed by atoms with Gasteiger partial charge in [0.25, 0.3) is 0 Å². The smallest absolute Gasteiger partial charge is 0.227 e. The Kier molecular flexibility index (Phi) is 6.94. The maximum atomic E-state index is 13.2. The van der Waals surface area contributed by atoms with Crippen LogP contribution in [-0.2, 0) is 17.8 Å². The molecule has 33 heavy (non-hydrogen) atoms. The van der Waals surface area contributed by atoms with E-state index < -0.39 is 5.41 Å². The van der Waals surface area contributed by atoms with Gasteiger partial charge in [-0.05, 0) is 65.9 Å². The van der Waals surface area contributed by atoms with Gasteiger partial charge in [0.05, 0.1) is 19.6 Å². The molecule has 0 saturated carbocycles. The van der Waals surface area contributed by atoms with E-state index in [0.717, 1.165) is 47.7 Å². The Morgan fingerprint density at radius 1 is 1.06 bits per heavy atom. The van der Waals surface area contributed by atoms with E-state index in [1.54, 1.807) is 33.7 Å². The minimum Gasteiger partial charge on any atom is -0.497 e. The average molecular weight is 446 g/mol. The first-order valence-corrected chi connectivity index (χ1v) is 11.2. The summed E-state index contributed by atoms with van der Waals surface area (Å²) in [4.78, 5) is 19.7. The Hall–Kier alpha value is -3.38. The van der Waals surface area contributed by atoms with Crippen molar-refractivity contribution < 1.29 is 14.3 Å². The van der Waals surface area contributed by atoms with Gasteiger partial charge in [0.15, 0.2) is 0 Å². The first kappa shape index (κ1) is 22.8. The monoisotopic (exact) mass is 445 g/mol. The summed E-state index contributed by atoms with van der Waals surface area (Å²) in [5.41, 5.74) is 4.07. The summed E-state index contributed by atoms with van der Waals surface area (Å²) in [5.74, 6) is 1.64. The molecule has 0 radical (unpaired) electrons.